The van der Waals surface area contributed by atoms with E-state index in [4.69, 9.17) is 0 Å². The van der Waals surface area contributed by atoms with E-state index in [-0.39, 0.29) is 0 Å². The summed E-state index contributed by atoms with van der Waals surface area (Å²) in [5.74, 6) is 0. The Morgan fingerprint density at radius 2 is 1.19 bits per heavy atom. The van der Waals surface area contributed by atoms with Crippen LogP contribution in [-0.2, 0) is 0 Å². The van der Waals surface area contributed by atoms with Crippen LogP contribution in [-0.4, -0.2) is 0 Å². The number of benzene rings is 4. The van der Waals surface area contributed by atoms with E-state index in [1.54, 1.807) is 22.7 Å². The second-order valence-electron chi connectivity index (χ2n) is 7.47. The molecule has 1 nitrogen and oxygen atoms in total. The highest BCUT2D eigenvalue weighted by molar-refractivity contribution is 7.17. The summed E-state index contributed by atoms with van der Waals surface area (Å²) in [6.07, 6.45) is 0. The van der Waals surface area contributed by atoms with Crippen molar-refractivity contribution >= 4 is 59.9 Å². The standard InChI is InChI=1S/C28H19NS2/c1-2-8-21(9-3-1)29(26-12-6-14-28-25(26)16-18-31-28)22-10-4-7-20(19-22)23-11-5-13-27-24(23)15-17-30-27/h1-19H. The molecule has 0 saturated carbocycles. The lowest BCUT2D eigenvalue weighted by molar-refractivity contribution is 1.30. The van der Waals surface area contributed by atoms with Crippen LogP contribution in [0.4, 0.5) is 17.1 Å². The first-order valence-corrected chi connectivity index (χ1v) is 12.0. The number of rotatable bonds is 4. The molecule has 0 amide bonds. The van der Waals surface area contributed by atoms with E-state index in [9.17, 15) is 0 Å². The van der Waals surface area contributed by atoms with Gasteiger partial charge in [0.15, 0.2) is 0 Å². The van der Waals surface area contributed by atoms with Gasteiger partial charge in [0.25, 0.3) is 0 Å². The summed E-state index contributed by atoms with van der Waals surface area (Å²) in [5, 5.41) is 6.94. The molecule has 0 aliphatic heterocycles. The first kappa shape index (κ1) is 18.4. The van der Waals surface area contributed by atoms with E-state index in [1.807, 2.05) is 0 Å². The highest BCUT2D eigenvalue weighted by Gasteiger charge is 2.16. The van der Waals surface area contributed by atoms with Crippen LogP contribution >= 0.6 is 22.7 Å². The van der Waals surface area contributed by atoms with Crippen LogP contribution < -0.4 is 4.90 Å². The molecule has 0 N–H and O–H groups in total. The molecule has 0 aliphatic carbocycles. The van der Waals surface area contributed by atoms with Gasteiger partial charge in [0.2, 0.25) is 0 Å². The van der Waals surface area contributed by atoms with Gasteiger partial charge in [0, 0.05) is 31.5 Å². The van der Waals surface area contributed by atoms with Gasteiger partial charge in [-0.1, -0.05) is 48.5 Å². The third-order valence-corrected chi connectivity index (χ3v) is 7.40. The van der Waals surface area contributed by atoms with Crippen molar-refractivity contribution in [2.75, 3.05) is 4.90 Å². The average molecular weight is 434 g/mol. The van der Waals surface area contributed by atoms with Gasteiger partial charge in [-0.3, -0.25) is 0 Å². The van der Waals surface area contributed by atoms with Gasteiger partial charge in [0.1, 0.15) is 0 Å². The Labute approximate surface area is 189 Å². The number of hydrogen-bond acceptors (Lipinski definition) is 3. The molecule has 2 aromatic heterocycles. The molecule has 0 saturated heterocycles. The number of para-hydroxylation sites is 1. The quantitative estimate of drug-likeness (QED) is 0.268. The van der Waals surface area contributed by atoms with Crippen molar-refractivity contribution in [3.05, 3.63) is 114 Å². The number of fused-ring (bicyclic) bond motifs is 2. The Morgan fingerprint density at radius 1 is 0.516 bits per heavy atom. The lowest BCUT2D eigenvalue weighted by Crippen LogP contribution is -2.10. The van der Waals surface area contributed by atoms with Crippen molar-refractivity contribution < 1.29 is 0 Å². The summed E-state index contributed by atoms with van der Waals surface area (Å²) in [6.45, 7) is 0. The SMILES string of the molecule is c1ccc(N(c2cccc(-c3cccc4sccc34)c2)c2cccc3sccc23)cc1. The highest BCUT2D eigenvalue weighted by Crippen LogP contribution is 2.41. The van der Waals surface area contributed by atoms with Crippen LogP contribution in [0.1, 0.15) is 0 Å². The molecular weight excluding hydrogens is 414 g/mol. The lowest BCUT2D eigenvalue weighted by Gasteiger charge is -2.26. The van der Waals surface area contributed by atoms with E-state index in [0.717, 1.165) is 11.4 Å². The van der Waals surface area contributed by atoms with Crippen LogP contribution in [0.3, 0.4) is 0 Å². The van der Waals surface area contributed by atoms with Crippen molar-refractivity contribution in [1.82, 2.24) is 0 Å². The molecule has 2 heterocycles. The van der Waals surface area contributed by atoms with Gasteiger partial charge < -0.3 is 4.90 Å². The van der Waals surface area contributed by atoms with Gasteiger partial charge in [-0.05, 0) is 76.5 Å². The molecule has 148 valence electrons. The highest BCUT2D eigenvalue weighted by atomic mass is 32.1. The fraction of sp³-hybridized carbons (Fsp3) is 0. The Kier molecular flexibility index (Phi) is 4.56. The van der Waals surface area contributed by atoms with E-state index >= 15 is 0 Å². The maximum Gasteiger partial charge on any atom is 0.0548 e. The predicted molar refractivity (Wildman–Crippen MR) is 137 cm³/mol. The van der Waals surface area contributed by atoms with Crippen LogP contribution in [0, 0.1) is 0 Å². The summed E-state index contributed by atoms with van der Waals surface area (Å²) in [6, 6.07) is 37.1. The molecule has 31 heavy (non-hydrogen) atoms. The molecule has 0 aliphatic rings. The van der Waals surface area contributed by atoms with E-state index in [0.29, 0.717) is 0 Å². The molecule has 6 rings (SSSR count). The normalized spacial score (nSPS) is 11.2. The molecule has 0 spiro atoms. The first-order valence-electron chi connectivity index (χ1n) is 10.3. The third kappa shape index (κ3) is 3.23. The summed E-state index contributed by atoms with van der Waals surface area (Å²) >= 11 is 3.58. The molecule has 6 aromatic rings. The third-order valence-electron chi connectivity index (χ3n) is 5.64. The second-order valence-corrected chi connectivity index (χ2v) is 9.36. The topological polar surface area (TPSA) is 3.24 Å². The Morgan fingerprint density at radius 3 is 2.03 bits per heavy atom. The van der Waals surface area contributed by atoms with Gasteiger partial charge in [0.05, 0.1) is 5.69 Å². The maximum absolute atomic E-state index is 2.37. The number of thiophene rings is 2. The Bertz CT molecular complexity index is 1490. The average Bonchev–Trinajstić information content (AvgIpc) is 3.50. The zero-order valence-electron chi connectivity index (χ0n) is 16.7. The van der Waals surface area contributed by atoms with E-state index in [2.05, 4.69) is 119 Å². The largest absolute Gasteiger partial charge is 0.310 e. The molecule has 4 aromatic carbocycles. The summed E-state index contributed by atoms with van der Waals surface area (Å²) < 4.78 is 2.63. The minimum absolute atomic E-state index is 1.16. The fourth-order valence-electron chi connectivity index (χ4n) is 4.24. The smallest absolute Gasteiger partial charge is 0.0548 e. The molecule has 3 heteroatoms. The summed E-state index contributed by atoms with van der Waals surface area (Å²) in [5.41, 5.74) is 6.04. The van der Waals surface area contributed by atoms with Crippen molar-refractivity contribution in [3.8, 4) is 11.1 Å². The molecule has 0 radical (unpaired) electrons. The number of nitrogens with zero attached hydrogens (tertiary/aromatic N) is 1. The van der Waals surface area contributed by atoms with Crippen LogP contribution in [0.25, 0.3) is 31.3 Å². The van der Waals surface area contributed by atoms with Gasteiger partial charge >= 0.3 is 0 Å². The maximum atomic E-state index is 2.37. The van der Waals surface area contributed by atoms with Crippen molar-refractivity contribution in [2.24, 2.45) is 0 Å². The van der Waals surface area contributed by atoms with Gasteiger partial charge in [-0.2, -0.15) is 0 Å². The van der Waals surface area contributed by atoms with E-state index < -0.39 is 0 Å². The molecule has 0 atom stereocenters. The van der Waals surface area contributed by atoms with Crippen LogP contribution in [0.2, 0.25) is 0 Å². The zero-order chi connectivity index (χ0) is 20.6. The van der Waals surface area contributed by atoms with Gasteiger partial charge in [-0.25, -0.2) is 0 Å². The number of anilines is 3. The first-order chi connectivity index (χ1) is 15.4. The summed E-state index contributed by atoms with van der Waals surface area (Å²) in [4.78, 5) is 2.37. The molecular formula is C28H19NS2. The lowest BCUT2D eigenvalue weighted by atomic mass is 10.0. The molecule has 0 bridgehead atoms. The van der Waals surface area contributed by atoms with Crippen molar-refractivity contribution in [3.63, 3.8) is 0 Å². The monoisotopic (exact) mass is 433 g/mol. The number of hydrogen-bond donors (Lipinski definition) is 0. The van der Waals surface area contributed by atoms with Crippen LogP contribution in [0.5, 0.6) is 0 Å². The molecule has 0 fully saturated rings. The van der Waals surface area contributed by atoms with Crippen molar-refractivity contribution in [1.29, 1.82) is 0 Å². The molecule has 0 unspecified atom stereocenters. The minimum atomic E-state index is 1.16. The van der Waals surface area contributed by atoms with E-state index in [1.165, 1.54) is 37.0 Å². The fourth-order valence-corrected chi connectivity index (χ4v) is 5.86. The second kappa shape index (κ2) is 7.69. The predicted octanol–water partition coefficient (Wildman–Crippen LogP) is 9.25. The van der Waals surface area contributed by atoms with Crippen LogP contribution in [0.15, 0.2) is 114 Å². The zero-order valence-corrected chi connectivity index (χ0v) is 18.4. The van der Waals surface area contributed by atoms with Crippen molar-refractivity contribution in [2.45, 2.75) is 0 Å². The Balaban J connectivity index is 1.57. The Hall–Kier alpha value is -3.40. The van der Waals surface area contributed by atoms with Gasteiger partial charge in [-0.15, -0.1) is 22.7 Å². The minimum Gasteiger partial charge on any atom is -0.310 e. The summed E-state index contributed by atoms with van der Waals surface area (Å²) in [7, 11) is 0.